The van der Waals surface area contributed by atoms with Gasteiger partial charge in [-0.3, -0.25) is 9.59 Å². The number of nitrogens with one attached hydrogen (secondary N) is 1. The Morgan fingerprint density at radius 2 is 1.74 bits per heavy atom. The number of carbonyl (C=O) groups excluding carboxylic acids is 2. The average Bonchev–Trinajstić information content (AvgIpc) is 3.21. The predicted octanol–water partition coefficient (Wildman–Crippen LogP) is 4.39. The fourth-order valence-corrected chi connectivity index (χ4v) is 3.62. The zero-order valence-corrected chi connectivity index (χ0v) is 16.0. The van der Waals surface area contributed by atoms with Crippen molar-refractivity contribution in [1.29, 1.82) is 0 Å². The molecule has 1 amide bonds. The molecular formula is C21H18ClNO3S. The van der Waals surface area contributed by atoms with Gasteiger partial charge in [0, 0.05) is 9.90 Å². The first kappa shape index (κ1) is 19.1. The predicted molar refractivity (Wildman–Crippen MR) is 107 cm³/mol. The molecule has 138 valence electrons. The number of esters is 1. The summed E-state index contributed by atoms with van der Waals surface area (Å²) in [5.74, 6) is -0.851. The van der Waals surface area contributed by atoms with Gasteiger partial charge in [-0.1, -0.05) is 66.2 Å². The minimum atomic E-state index is -0.495. The summed E-state index contributed by atoms with van der Waals surface area (Å²) in [5, 5.41) is 5.39. The van der Waals surface area contributed by atoms with E-state index in [1.54, 1.807) is 35.6 Å². The molecule has 6 heteroatoms. The Bertz CT molecular complexity index is 897. The molecule has 0 saturated carbocycles. The molecule has 0 aliphatic heterocycles. The smallest absolute Gasteiger partial charge is 0.310 e. The van der Waals surface area contributed by atoms with E-state index in [2.05, 4.69) is 5.32 Å². The number of halogens is 1. The Morgan fingerprint density at radius 3 is 2.44 bits per heavy atom. The lowest BCUT2D eigenvalue weighted by atomic mass is 10.1. The van der Waals surface area contributed by atoms with Crippen LogP contribution in [0, 0.1) is 0 Å². The Hall–Kier alpha value is -2.63. The normalized spacial score (nSPS) is 11.6. The third kappa shape index (κ3) is 5.42. The van der Waals surface area contributed by atoms with Crippen LogP contribution in [0.2, 0.25) is 5.02 Å². The highest BCUT2D eigenvalue weighted by molar-refractivity contribution is 7.10. The molecule has 1 heterocycles. The van der Waals surface area contributed by atoms with Gasteiger partial charge in [0.1, 0.15) is 0 Å². The zero-order valence-electron chi connectivity index (χ0n) is 14.4. The number of thiophene rings is 1. The van der Waals surface area contributed by atoms with Crippen molar-refractivity contribution < 1.29 is 14.3 Å². The number of ether oxygens (including phenoxy) is 1. The number of hydrogen-bond acceptors (Lipinski definition) is 4. The van der Waals surface area contributed by atoms with Crippen molar-refractivity contribution in [3.05, 3.63) is 93.1 Å². The molecule has 3 aromatic rings. The van der Waals surface area contributed by atoms with Gasteiger partial charge in [0.05, 0.1) is 12.5 Å². The molecule has 4 nitrogen and oxygen atoms in total. The van der Waals surface area contributed by atoms with Crippen molar-refractivity contribution in [2.24, 2.45) is 0 Å². The third-order valence-electron chi connectivity index (χ3n) is 3.92. The first-order chi connectivity index (χ1) is 13.1. The lowest BCUT2D eigenvalue weighted by Crippen LogP contribution is -2.32. The van der Waals surface area contributed by atoms with Crippen LogP contribution < -0.4 is 5.32 Å². The molecule has 0 fully saturated rings. The number of hydrogen-bond donors (Lipinski definition) is 1. The maximum absolute atomic E-state index is 12.3. The van der Waals surface area contributed by atoms with Crippen molar-refractivity contribution in [2.75, 3.05) is 6.61 Å². The molecule has 0 radical (unpaired) electrons. The van der Waals surface area contributed by atoms with Crippen LogP contribution in [0.3, 0.4) is 0 Å². The number of amides is 1. The Morgan fingerprint density at radius 1 is 1.00 bits per heavy atom. The van der Waals surface area contributed by atoms with E-state index in [0.29, 0.717) is 10.6 Å². The van der Waals surface area contributed by atoms with Gasteiger partial charge in [-0.2, -0.15) is 0 Å². The fraction of sp³-hybridized carbons (Fsp3) is 0.143. The van der Waals surface area contributed by atoms with E-state index < -0.39 is 5.97 Å². The molecule has 0 aliphatic rings. The van der Waals surface area contributed by atoms with Crippen LogP contribution in [-0.2, 0) is 20.7 Å². The summed E-state index contributed by atoms with van der Waals surface area (Å²) in [6, 6.07) is 20.4. The minimum absolute atomic E-state index is 0.0278. The molecule has 2 aromatic carbocycles. The number of benzene rings is 2. The molecule has 1 atom stereocenters. The average molecular weight is 400 g/mol. The van der Waals surface area contributed by atoms with Gasteiger partial charge in [-0.25, -0.2) is 0 Å². The van der Waals surface area contributed by atoms with Crippen LogP contribution in [0.5, 0.6) is 0 Å². The van der Waals surface area contributed by atoms with E-state index in [-0.39, 0.29) is 25.0 Å². The highest BCUT2D eigenvalue weighted by atomic mass is 35.5. The second kappa shape index (κ2) is 9.35. The number of carbonyl (C=O) groups is 2. The summed E-state index contributed by atoms with van der Waals surface area (Å²) >= 11 is 7.60. The zero-order chi connectivity index (χ0) is 19.1. The molecule has 0 spiro atoms. The summed E-state index contributed by atoms with van der Waals surface area (Å²) in [4.78, 5) is 25.3. The summed E-state index contributed by atoms with van der Waals surface area (Å²) in [5.41, 5.74) is 1.64. The molecule has 3 rings (SSSR count). The number of rotatable bonds is 7. The monoisotopic (exact) mass is 399 g/mol. The first-order valence-corrected chi connectivity index (χ1v) is 9.66. The molecule has 1 unspecified atom stereocenters. The van der Waals surface area contributed by atoms with Crippen LogP contribution in [0.25, 0.3) is 0 Å². The van der Waals surface area contributed by atoms with Crippen LogP contribution in [0.1, 0.15) is 22.0 Å². The van der Waals surface area contributed by atoms with Gasteiger partial charge in [-0.15, -0.1) is 11.3 Å². The molecule has 0 saturated heterocycles. The van der Waals surface area contributed by atoms with Gasteiger partial charge >= 0.3 is 5.97 Å². The van der Waals surface area contributed by atoms with Crippen molar-refractivity contribution in [2.45, 2.75) is 12.5 Å². The van der Waals surface area contributed by atoms with Crippen molar-refractivity contribution in [3.8, 4) is 0 Å². The maximum Gasteiger partial charge on any atom is 0.310 e. The van der Waals surface area contributed by atoms with Gasteiger partial charge in [0.15, 0.2) is 6.61 Å². The van der Waals surface area contributed by atoms with E-state index in [4.69, 9.17) is 16.3 Å². The maximum atomic E-state index is 12.3. The lowest BCUT2D eigenvalue weighted by Gasteiger charge is -2.18. The molecule has 0 bridgehead atoms. The highest BCUT2D eigenvalue weighted by Crippen LogP contribution is 2.25. The van der Waals surface area contributed by atoms with E-state index in [1.165, 1.54) is 0 Å². The summed E-state index contributed by atoms with van der Waals surface area (Å²) in [7, 11) is 0. The topological polar surface area (TPSA) is 55.4 Å². The van der Waals surface area contributed by atoms with Gasteiger partial charge in [0.25, 0.3) is 5.91 Å². The van der Waals surface area contributed by atoms with E-state index in [1.807, 2.05) is 47.8 Å². The second-order valence-electron chi connectivity index (χ2n) is 5.86. The SMILES string of the molecule is O=C(COC(=O)Cc1ccccc1Cl)NC(c1ccccc1)c1cccs1. The van der Waals surface area contributed by atoms with Crippen molar-refractivity contribution in [1.82, 2.24) is 5.32 Å². The largest absolute Gasteiger partial charge is 0.455 e. The molecule has 27 heavy (non-hydrogen) atoms. The molecule has 1 N–H and O–H groups in total. The van der Waals surface area contributed by atoms with Crippen LogP contribution in [-0.4, -0.2) is 18.5 Å². The van der Waals surface area contributed by atoms with E-state index in [0.717, 1.165) is 10.4 Å². The minimum Gasteiger partial charge on any atom is -0.455 e. The molecular weight excluding hydrogens is 382 g/mol. The third-order valence-corrected chi connectivity index (χ3v) is 5.23. The van der Waals surface area contributed by atoms with Gasteiger partial charge < -0.3 is 10.1 Å². The summed E-state index contributed by atoms with van der Waals surface area (Å²) in [6.45, 7) is -0.335. The second-order valence-corrected chi connectivity index (χ2v) is 7.24. The van der Waals surface area contributed by atoms with Crippen molar-refractivity contribution in [3.63, 3.8) is 0 Å². The molecule has 1 aromatic heterocycles. The molecule has 0 aliphatic carbocycles. The standard InChI is InChI=1S/C21H18ClNO3S/c22-17-10-5-4-9-16(17)13-20(25)26-14-19(24)23-21(18-11-6-12-27-18)15-7-2-1-3-8-15/h1-12,21H,13-14H2,(H,23,24). The Balaban J connectivity index is 1.58. The van der Waals surface area contributed by atoms with E-state index >= 15 is 0 Å². The Kier molecular flexibility index (Phi) is 6.63. The summed E-state index contributed by atoms with van der Waals surface area (Å²) < 4.78 is 5.11. The van der Waals surface area contributed by atoms with E-state index in [9.17, 15) is 9.59 Å². The van der Waals surface area contributed by atoms with Gasteiger partial charge in [-0.05, 0) is 28.6 Å². The summed E-state index contributed by atoms with van der Waals surface area (Å²) in [6.07, 6.45) is 0.0278. The van der Waals surface area contributed by atoms with Crippen molar-refractivity contribution >= 4 is 34.8 Å². The van der Waals surface area contributed by atoms with Crippen LogP contribution in [0.4, 0.5) is 0 Å². The van der Waals surface area contributed by atoms with Gasteiger partial charge in [0.2, 0.25) is 0 Å². The highest BCUT2D eigenvalue weighted by Gasteiger charge is 2.18. The quantitative estimate of drug-likeness (QED) is 0.599. The fourth-order valence-electron chi connectivity index (χ4n) is 2.62. The lowest BCUT2D eigenvalue weighted by molar-refractivity contribution is -0.148. The van der Waals surface area contributed by atoms with Crippen LogP contribution >= 0.6 is 22.9 Å². The first-order valence-electron chi connectivity index (χ1n) is 8.40. The Labute approximate surface area is 166 Å². The van der Waals surface area contributed by atoms with Crippen LogP contribution in [0.15, 0.2) is 72.1 Å².